The first kappa shape index (κ1) is 14.9. The van der Waals surface area contributed by atoms with Crippen molar-refractivity contribution in [1.29, 1.82) is 0 Å². The van der Waals surface area contributed by atoms with Gasteiger partial charge in [-0.15, -0.1) is 0 Å². The van der Waals surface area contributed by atoms with Crippen molar-refractivity contribution in [3.8, 4) is 0 Å². The first-order valence-corrected chi connectivity index (χ1v) is 6.02. The number of rotatable bonds is 8. The minimum atomic E-state index is 0.548. The number of likely N-dealkylation sites (N-methyl/N-ethyl adjacent to an activating group) is 1. The van der Waals surface area contributed by atoms with Crippen molar-refractivity contribution in [3.05, 3.63) is 0 Å². The number of hydrogen-bond donors (Lipinski definition) is 1. The summed E-state index contributed by atoms with van der Waals surface area (Å²) in [5, 5.41) is 0. The van der Waals surface area contributed by atoms with E-state index in [1.165, 1.54) is 12.8 Å². The van der Waals surface area contributed by atoms with Crippen LogP contribution in [0.5, 0.6) is 0 Å². The summed E-state index contributed by atoms with van der Waals surface area (Å²) in [4.78, 5) is 4.64. The van der Waals surface area contributed by atoms with Crippen molar-refractivity contribution in [3.63, 3.8) is 0 Å². The summed E-state index contributed by atoms with van der Waals surface area (Å²) in [7, 11) is 6.43. The van der Waals surface area contributed by atoms with E-state index in [-0.39, 0.29) is 0 Å². The lowest BCUT2D eigenvalue weighted by molar-refractivity contribution is 0.208. The van der Waals surface area contributed by atoms with E-state index >= 15 is 0 Å². The largest absolute Gasteiger partial charge is 0.329 e. The molecule has 0 amide bonds. The van der Waals surface area contributed by atoms with Crippen molar-refractivity contribution in [1.82, 2.24) is 9.80 Å². The van der Waals surface area contributed by atoms with Gasteiger partial charge in [0, 0.05) is 12.6 Å². The number of nitrogens with two attached hydrogens (primary N) is 1. The van der Waals surface area contributed by atoms with E-state index in [9.17, 15) is 0 Å². The third-order valence-electron chi connectivity index (χ3n) is 2.76. The lowest BCUT2D eigenvalue weighted by Gasteiger charge is -2.28. The van der Waals surface area contributed by atoms with Crippen LogP contribution < -0.4 is 5.73 Å². The molecule has 0 heterocycles. The standard InChI is InChI=1S/C12H29N3/c1-11(2)9-12(10-13)15(5)8-6-7-14(3)4/h11-12H,6-10,13H2,1-5H3. The van der Waals surface area contributed by atoms with E-state index in [1.54, 1.807) is 0 Å². The van der Waals surface area contributed by atoms with Gasteiger partial charge in [-0.25, -0.2) is 0 Å². The van der Waals surface area contributed by atoms with Gasteiger partial charge in [0.1, 0.15) is 0 Å². The Balaban J connectivity index is 3.77. The van der Waals surface area contributed by atoms with Crippen LogP contribution in [-0.2, 0) is 0 Å². The zero-order valence-electron chi connectivity index (χ0n) is 11.2. The first-order valence-electron chi connectivity index (χ1n) is 6.02. The molecule has 0 aromatic carbocycles. The Morgan fingerprint density at radius 2 is 1.67 bits per heavy atom. The second-order valence-corrected chi connectivity index (χ2v) is 5.16. The van der Waals surface area contributed by atoms with E-state index < -0.39 is 0 Å². The molecule has 1 unspecified atom stereocenters. The summed E-state index contributed by atoms with van der Waals surface area (Å²) in [5.41, 5.74) is 5.80. The molecule has 0 aromatic rings. The zero-order valence-corrected chi connectivity index (χ0v) is 11.2. The van der Waals surface area contributed by atoms with Crippen LogP contribution in [0.1, 0.15) is 26.7 Å². The second kappa shape index (κ2) is 8.08. The molecule has 0 aromatic heterocycles. The molecular formula is C12H29N3. The van der Waals surface area contributed by atoms with Gasteiger partial charge in [-0.2, -0.15) is 0 Å². The van der Waals surface area contributed by atoms with Crippen molar-refractivity contribution < 1.29 is 0 Å². The summed E-state index contributed by atoms with van der Waals surface area (Å²) in [6.45, 7) is 7.60. The molecule has 15 heavy (non-hydrogen) atoms. The van der Waals surface area contributed by atoms with Gasteiger partial charge in [0.25, 0.3) is 0 Å². The quantitative estimate of drug-likeness (QED) is 0.661. The summed E-state index contributed by atoms with van der Waals surface area (Å²) >= 11 is 0. The van der Waals surface area contributed by atoms with Crippen LogP contribution in [0.4, 0.5) is 0 Å². The van der Waals surface area contributed by atoms with Crippen LogP contribution >= 0.6 is 0 Å². The summed E-state index contributed by atoms with van der Waals surface area (Å²) in [5.74, 6) is 0.731. The average molecular weight is 215 g/mol. The van der Waals surface area contributed by atoms with Gasteiger partial charge in [0.2, 0.25) is 0 Å². The summed E-state index contributed by atoms with van der Waals surface area (Å²) < 4.78 is 0. The molecule has 2 N–H and O–H groups in total. The fourth-order valence-electron chi connectivity index (χ4n) is 1.82. The summed E-state index contributed by atoms with van der Waals surface area (Å²) in [6.07, 6.45) is 2.42. The lowest BCUT2D eigenvalue weighted by Crippen LogP contribution is -2.40. The molecule has 92 valence electrons. The van der Waals surface area contributed by atoms with Crippen LogP contribution in [0, 0.1) is 5.92 Å². The fraction of sp³-hybridized carbons (Fsp3) is 1.00. The number of nitrogens with zero attached hydrogens (tertiary/aromatic N) is 2. The van der Waals surface area contributed by atoms with Gasteiger partial charge in [-0.05, 0) is 53.0 Å². The van der Waals surface area contributed by atoms with Gasteiger partial charge < -0.3 is 15.5 Å². The topological polar surface area (TPSA) is 32.5 Å². The molecule has 0 radical (unpaired) electrons. The smallest absolute Gasteiger partial charge is 0.0217 e. The molecular weight excluding hydrogens is 186 g/mol. The third-order valence-corrected chi connectivity index (χ3v) is 2.76. The molecule has 0 saturated heterocycles. The van der Waals surface area contributed by atoms with Gasteiger partial charge in [0.05, 0.1) is 0 Å². The van der Waals surface area contributed by atoms with E-state index in [1.807, 2.05) is 0 Å². The molecule has 0 spiro atoms. The highest BCUT2D eigenvalue weighted by atomic mass is 15.1. The molecule has 0 aliphatic carbocycles. The first-order chi connectivity index (χ1) is 6.97. The molecule has 1 atom stereocenters. The SMILES string of the molecule is CC(C)CC(CN)N(C)CCCN(C)C. The monoisotopic (exact) mass is 215 g/mol. The molecule has 0 fully saturated rings. The molecule has 0 aliphatic rings. The molecule has 0 rings (SSSR count). The highest BCUT2D eigenvalue weighted by Crippen LogP contribution is 2.09. The van der Waals surface area contributed by atoms with Crippen LogP contribution in [-0.4, -0.2) is 56.6 Å². The maximum Gasteiger partial charge on any atom is 0.0217 e. The average Bonchev–Trinajstić information content (AvgIpc) is 2.13. The Labute approximate surface area is 95.6 Å². The van der Waals surface area contributed by atoms with Crippen molar-refractivity contribution in [2.45, 2.75) is 32.7 Å². The van der Waals surface area contributed by atoms with Crippen LogP contribution in [0.2, 0.25) is 0 Å². The van der Waals surface area contributed by atoms with E-state index in [0.717, 1.165) is 25.6 Å². The van der Waals surface area contributed by atoms with Crippen LogP contribution in [0.15, 0.2) is 0 Å². The Morgan fingerprint density at radius 1 is 1.07 bits per heavy atom. The van der Waals surface area contributed by atoms with E-state index in [2.05, 4.69) is 44.8 Å². The molecule has 3 nitrogen and oxygen atoms in total. The normalized spacial score (nSPS) is 14.2. The summed E-state index contributed by atoms with van der Waals surface area (Å²) in [6, 6.07) is 0.548. The number of hydrogen-bond acceptors (Lipinski definition) is 3. The fourth-order valence-corrected chi connectivity index (χ4v) is 1.82. The molecule has 0 bridgehead atoms. The maximum absolute atomic E-state index is 5.80. The van der Waals surface area contributed by atoms with Crippen molar-refractivity contribution >= 4 is 0 Å². The van der Waals surface area contributed by atoms with Crippen molar-refractivity contribution in [2.24, 2.45) is 11.7 Å². The molecule has 0 aliphatic heterocycles. The minimum absolute atomic E-state index is 0.548. The van der Waals surface area contributed by atoms with Crippen molar-refractivity contribution in [2.75, 3.05) is 40.8 Å². The Bertz CT molecular complexity index is 146. The Hall–Kier alpha value is -0.120. The van der Waals surface area contributed by atoms with Gasteiger partial charge in [-0.3, -0.25) is 0 Å². The predicted octanol–water partition coefficient (Wildman–Crippen LogP) is 1.24. The maximum atomic E-state index is 5.80. The Kier molecular flexibility index (Phi) is 8.02. The third kappa shape index (κ3) is 7.77. The molecule has 3 heteroatoms. The van der Waals surface area contributed by atoms with Gasteiger partial charge in [-0.1, -0.05) is 13.8 Å². The highest BCUT2D eigenvalue weighted by molar-refractivity contribution is 4.71. The molecule has 0 saturated carbocycles. The van der Waals surface area contributed by atoms with Gasteiger partial charge >= 0.3 is 0 Å². The van der Waals surface area contributed by atoms with E-state index in [4.69, 9.17) is 5.73 Å². The lowest BCUT2D eigenvalue weighted by atomic mass is 10.0. The Morgan fingerprint density at radius 3 is 2.07 bits per heavy atom. The van der Waals surface area contributed by atoms with Crippen LogP contribution in [0.25, 0.3) is 0 Å². The minimum Gasteiger partial charge on any atom is -0.329 e. The van der Waals surface area contributed by atoms with Crippen LogP contribution in [0.3, 0.4) is 0 Å². The predicted molar refractivity (Wildman–Crippen MR) is 68.1 cm³/mol. The highest BCUT2D eigenvalue weighted by Gasteiger charge is 2.13. The second-order valence-electron chi connectivity index (χ2n) is 5.16. The van der Waals surface area contributed by atoms with Gasteiger partial charge in [0.15, 0.2) is 0 Å². The van der Waals surface area contributed by atoms with E-state index in [0.29, 0.717) is 6.04 Å². The zero-order chi connectivity index (χ0) is 11.8.